The van der Waals surface area contributed by atoms with E-state index in [1.54, 1.807) is 0 Å². The first-order chi connectivity index (χ1) is 19.7. The number of carbonyl (C=O) groups excluding carboxylic acids is 2. The van der Waals surface area contributed by atoms with Crippen molar-refractivity contribution in [3.8, 4) is 0 Å². The second-order valence-electron chi connectivity index (χ2n) is 16.1. The van der Waals surface area contributed by atoms with E-state index in [0.717, 1.165) is 37.0 Å². The second kappa shape index (κ2) is 13.2. The van der Waals surface area contributed by atoms with Crippen molar-refractivity contribution in [1.82, 2.24) is 10.6 Å². The molecule has 0 radical (unpaired) electrons. The molecule has 240 valence electrons. The minimum absolute atomic E-state index is 0.0980. The number of carboxylic acids is 1. The summed E-state index contributed by atoms with van der Waals surface area (Å²) in [5.41, 5.74) is 0.723. The zero-order valence-corrected chi connectivity index (χ0v) is 27.5. The Hall–Kier alpha value is -1.63. The molecule has 7 heteroatoms. The number of hydrogen-bond donors (Lipinski definition) is 4. The van der Waals surface area contributed by atoms with Crippen LogP contribution < -0.4 is 10.6 Å². The molecule has 4 rings (SSSR count). The molecule has 2 amide bonds. The maximum Gasteiger partial charge on any atom is 0.326 e. The number of amides is 2. The molecular weight excluding hydrogens is 528 g/mol. The van der Waals surface area contributed by atoms with Crippen molar-refractivity contribution in [3.05, 3.63) is 0 Å². The van der Waals surface area contributed by atoms with Crippen LogP contribution in [0, 0.1) is 58.2 Å². The predicted octanol–water partition coefficient (Wildman–Crippen LogP) is 6.18. The van der Waals surface area contributed by atoms with Gasteiger partial charge in [-0.1, -0.05) is 48.5 Å². The van der Waals surface area contributed by atoms with E-state index in [9.17, 15) is 24.6 Å². The summed E-state index contributed by atoms with van der Waals surface area (Å²) >= 11 is 0. The fraction of sp³-hybridized carbons (Fsp3) is 0.914. The molecule has 0 aromatic carbocycles. The van der Waals surface area contributed by atoms with Crippen LogP contribution in [0.15, 0.2) is 0 Å². The first-order valence-corrected chi connectivity index (χ1v) is 17.2. The molecule has 4 fully saturated rings. The summed E-state index contributed by atoms with van der Waals surface area (Å²) in [6.45, 7) is 15.0. The highest BCUT2D eigenvalue weighted by Crippen LogP contribution is 2.68. The lowest BCUT2D eigenvalue weighted by Crippen LogP contribution is -2.54. The van der Waals surface area contributed by atoms with Crippen molar-refractivity contribution in [1.29, 1.82) is 0 Å². The topological polar surface area (TPSA) is 116 Å². The quantitative estimate of drug-likeness (QED) is 0.230. The van der Waals surface area contributed by atoms with E-state index in [1.807, 2.05) is 27.7 Å². The van der Waals surface area contributed by atoms with Gasteiger partial charge in [0.2, 0.25) is 11.8 Å². The molecule has 42 heavy (non-hydrogen) atoms. The van der Waals surface area contributed by atoms with Gasteiger partial charge in [0.25, 0.3) is 0 Å². The van der Waals surface area contributed by atoms with Crippen molar-refractivity contribution in [2.75, 3.05) is 0 Å². The Kier molecular flexibility index (Phi) is 10.4. The van der Waals surface area contributed by atoms with E-state index in [0.29, 0.717) is 41.4 Å². The van der Waals surface area contributed by atoms with Gasteiger partial charge < -0.3 is 20.8 Å². The molecule has 0 aromatic heterocycles. The van der Waals surface area contributed by atoms with Crippen LogP contribution in [0.1, 0.15) is 126 Å². The van der Waals surface area contributed by atoms with E-state index in [1.165, 1.54) is 44.9 Å². The van der Waals surface area contributed by atoms with Crippen LogP contribution in [-0.4, -0.2) is 46.2 Å². The lowest BCUT2D eigenvalue weighted by molar-refractivity contribution is -0.143. The Bertz CT molecular complexity index is 982. The van der Waals surface area contributed by atoms with Crippen LogP contribution in [0.5, 0.6) is 0 Å². The van der Waals surface area contributed by atoms with E-state index in [4.69, 9.17) is 0 Å². The Balaban J connectivity index is 1.33. The fourth-order valence-electron chi connectivity index (χ4n) is 10.5. The molecule has 0 aromatic rings. The molecule has 0 saturated heterocycles. The SMILES string of the molecule is CC(C)C[C@H](NC(=O)[C@@H](NC(=O)CC[C@@H](C)[C@H]1CC[C@H]2[C@@H]3CC[C@@H]4C[C@H](O)CC[C@]4(C)[C@H]3CC[C@]12C)C(C)C)C(=O)O. The molecule has 0 heterocycles. The van der Waals surface area contributed by atoms with Gasteiger partial charge >= 0.3 is 5.97 Å². The number of nitrogens with one attached hydrogen (secondary N) is 2. The zero-order chi connectivity index (χ0) is 31.0. The summed E-state index contributed by atoms with van der Waals surface area (Å²) in [6, 6.07) is -1.70. The van der Waals surface area contributed by atoms with E-state index in [2.05, 4.69) is 31.4 Å². The summed E-state index contributed by atoms with van der Waals surface area (Å²) in [4.78, 5) is 37.8. The number of aliphatic hydroxyl groups is 1. The molecule has 0 spiro atoms. The molecule has 4 N–H and O–H groups in total. The highest BCUT2D eigenvalue weighted by atomic mass is 16.4. The third kappa shape index (κ3) is 6.71. The highest BCUT2D eigenvalue weighted by molar-refractivity contribution is 5.90. The molecule has 4 aliphatic carbocycles. The van der Waals surface area contributed by atoms with Crippen LogP contribution in [0.4, 0.5) is 0 Å². The van der Waals surface area contributed by atoms with Gasteiger partial charge in [-0.3, -0.25) is 9.59 Å². The van der Waals surface area contributed by atoms with Gasteiger partial charge in [-0.05, 0) is 129 Å². The van der Waals surface area contributed by atoms with Crippen LogP contribution in [-0.2, 0) is 14.4 Å². The number of rotatable bonds is 11. The van der Waals surface area contributed by atoms with Gasteiger partial charge in [-0.25, -0.2) is 4.79 Å². The fourth-order valence-corrected chi connectivity index (χ4v) is 10.5. The summed E-state index contributed by atoms with van der Waals surface area (Å²) in [6.07, 6.45) is 12.3. The number of carboxylic acid groups (broad SMARTS) is 1. The standard InChI is InChI=1S/C35H60N2O5/c1-20(2)18-29(33(41)42)36-32(40)31(21(3)4)37-30(39)13-8-22(5)26-11-12-27-25-10-9-23-19-24(38)14-16-34(23,6)28(25)15-17-35(26,27)7/h20-29,31,38H,8-19H2,1-7H3,(H,36,40)(H,37,39)(H,41,42)/t22-,23-,24-,25+,26-,27+,28+,29+,31+,34+,35-/m1/s1. The summed E-state index contributed by atoms with van der Waals surface area (Å²) < 4.78 is 0. The monoisotopic (exact) mass is 588 g/mol. The number of carbonyl (C=O) groups is 3. The van der Waals surface area contributed by atoms with E-state index in [-0.39, 0.29) is 23.8 Å². The first kappa shape index (κ1) is 33.3. The van der Waals surface area contributed by atoms with Crippen LogP contribution >= 0.6 is 0 Å². The molecule has 7 nitrogen and oxygen atoms in total. The van der Waals surface area contributed by atoms with Gasteiger partial charge in [-0.2, -0.15) is 0 Å². The third-order valence-electron chi connectivity index (χ3n) is 12.8. The second-order valence-corrected chi connectivity index (χ2v) is 16.1. The minimum Gasteiger partial charge on any atom is -0.480 e. The Morgan fingerprint density at radius 1 is 0.857 bits per heavy atom. The summed E-state index contributed by atoms with van der Waals surface area (Å²) in [5.74, 6) is 2.50. The normalized spacial score (nSPS) is 38.1. The maximum atomic E-state index is 13.1. The number of fused-ring (bicyclic) bond motifs is 5. The van der Waals surface area contributed by atoms with Gasteiger partial charge in [0.05, 0.1) is 6.10 Å². The Labute approximate surface area is 254 Å². The van der Waals surface area contributed by atoms with E-state index < -0.39 is 24.0 Å². The highest BCUT2D eigenvalue weighted by Gasteiger charge is 2.60. The van der Waals surface area contributed by atoms with Crippen molar-refractivity contribution in [2.24, 2.45) is 58.2 Å². The first-order valence-electron chi connectivity index (χ1n) is 17.2. The van der Waals surface area contributed by atoms with Crippen LogP contribution in [0.3, 0.4) is 0 Å². The molecule has 11 atom stereocenters. The lowest BCUT2D eigenvalue weighted by Gasteiger charge is -2.61. The lowest BCUT2D eigenvalue weighted by atomic mass is 9.44. The largest absolute Gasteiger partial charge is 0.480 e. The van der Waals surface area contributed by atoms with Crippen molar-refractivity contribution >= 4 is 17.8 Å². The Morgan fingerprint density at radius 3 is 2.17 bits per heavy atom. The van der Waals surface area contributed by atoms with Crippen LogP contribution in [0.2, 0.25) is 0 Å². The molecule has 0 unspecified atom stereocenters. The predicted molar refractivity (Wildman–Crippen MR) is 165 cm³/mol. The summed E-state index contributed by atoms with van der Waals surface area (Å²) in [7, 11) is 0. The Morgan fingerprint density at radius 2 is 1.52 bits per heavy atom. The van der Waals surface area contributed by atoms with Gasteiger partial charge in [0.15, 0.2) is 0 Å². The average molecular weight is 589 g/mol. The van der Waals surface area contributed by atoms with Crippen molar-refractivity contribution in [3.63, 3.8) is 0 Å². The smallest absolute Gasteiger partial charge is 0.326 e. The minimum atomic E-state index is -1.04. The molecule has 0 bridgehead atoms. The van der Waals surface area contributed by atoms with Crippen molar-refractivity contribution < 1.29 is 24.6 Å². The molecular formula is C35H60N2O5. The average Bonchev–Trinajstić information content (AvgIpc) is 3.27. The molecule has 4 saturated carbocycles. The third-order valence-corrected chi connectivity index (χ3v) is 12.8. The number of hydrogen-bond acceptors (Lipinski definition) is 4. The zero-order valence-electron chi connectivity index (χ0n) is 27.5. The van der Waals surface area contributed by atoms with E-state index >= 15 is 0 Å². The molecule has 0 aliphatic heterocycles. The van der Waals surface area contributed by atoms with Crippen molar-refractivity contribution in [2.45, 2.75) is 144 Å². The summed E-state index contributed by atoms with van der Waals surface area (Å²) in [5, 5.41) is 25.5. The maximum absolute atomic E-state index is 13.1. The van der Waals surface area contributed by atoms with Crippen LogP contribution in [0.25, 0.3) is 0 Å². The van der Waals surface area contributed by atoms with Gasteiger partial charge in [-0.15, -0.1) is 0 Å². The number of aliphatic hydroxyl groups excluding tert-OH is 1. The number of aliphatic carboxylic acids is 1. The van der Waals surface area contributed by atoms with Gasteiger partial charge in [0.1, 0.15) is 12.1 Å². The van der Waals surface area contributed by atoms with Gasteiger partial charge in [0, 0.05) is 6.42 Å². The molecule has 4 aliphatic rings.